The van der Waals surface area contributed by atoms with Crippen LogP contribution in [0.25, 0.3) is 11.0 Å². The van der Waals surface area contributed by atoms with Gasteiger partial charge in [-0.2, -0.15) is 4.80 Å². The van der Waals surface area contributed by atoms with Crippen molar-refractivity contribution < 1.29 is 0 Å². The number of aromatic nitrogens is 6. The van der Waals surface area contributed by atoms with Crippen molar-refractivity contribution in [2.45, 2.75) is 19.4 Å². The van der Waals surface area contributed by atoms with Gasteiger partial charge in [-0.25, -0.2) is 0 Å². The summed E-state index contributed by atoms with van der Waals surface area (Å²) in [5.41, 5.74) is 2.91. The molecule has 0 amide bonds. The Morgan fingerprint density at radius 3 is 2.86 bits per heavy atom. The molecule has 1 atom stereocenters. The number of nitrogens with zero attached hydrogens (tertiary/aromatic N) is 6. The average Bonchev–Trinajstić information content (AvgIpc) is 2.91. The minimum atomic E-state index is 0.0830. The Morgan fingerprint density at radius 1 is 1.24 bits per heavy atom. The number of tetrazole rings is 1. The highest BCUT2D eigenvalue weighted by molar-refractivity contribution is 5.78. The molecule has 1 aromatic carbocycles. The summed E-state index contributed by atoms with van der Waals surface area (Å²) in [6.45, 7) is 2.93. The third-order valence-electron chi connectivity index (χ3n) is 3.29. The Bertz CT molecular complexity index is 732. The zero-order valence-corrected chi connectivity index (χ0v) is 12.1. The summed E-state index contributed by atoms with van der Waals surface area (Å²) in [5, 5.41) is 15.7. The van der Waals surface area contributed by atoms with Crippen molar-refractivity contribution >= 4 is 11.0 Å². The van der Waals surface area contributed by atoms with E-state index >= 15 is 0 Å². The second-order valence-electron chi connectivity index (χ2n) is 4.78. The minimum absolute atomic E-state index is 0.0830. The van der Waals surface area contributed by atoms with Crippen molar-refractivity contribution in [1.29, 1.82) is 0 Å². The van der Waals surface area contributed by atoms with Gasteiger partial charge in [-0.15, -0.1) is 10.2 Å². The molecule has 0 aliphatic carbocycles. The quantitative estimate of drug-likeness (QED) is 0.753. The van der Waals surface area contributed by atoms with Crippen LogP contribution in [0, 0.1) is 0 Å². The highest BCUT2D eigenvalue weighted by Gasteiger charge is 2.17. The maximum absolute atomic E-state index is 4.47. The van der Waals surface area contributed by atoms with Gasteiger partial charge in [0.05, 0.1) is 18.1 Å². The van der Waals surface area contributed by atoms with E-state index in [0.717, 1.165) is 23.1 Å². The van der Waals surface area contributed by atoms with Crippen molar-refractivity contribution in [3.8, 4) is 0 Å². The zero-order chi connectivity index (χ0) is 14.7. The number of rotatable bonds is 5. The molecule has 0 saturated carbocycles. The second-order valence-corrected chi connectivity index (χ2v) is 4.78. The first kappa shape index (κ1) is 13.6. The van der Waals surface area contributed by atoms with Gasteiger partial charge in [-0.3, -0.25) is 9.97 Å². The average molecular weight is 283 g/mol. The van der Waals surface area contributed by atoms with Crippen LogP contribution in [0.2, 0.25) is 0 Å². The Morgan fingerprint density at radius 2 is 2.10 bits per heavy atom. The van der Waals surface area contributed by atoms with Crippen LogP contribution in [0.3, 0.4) is 0 Å². The molecule has 0 radical (unpaired) electrons. The van der Waals surface area contributed by atoms with Crippen LogP contribution in [0.1, 0.15) is 24.4 Å². The molecular weight excluding hydrogens is 266 g/mol. The third kappa shape index (κ3) is 2.87. The molecule has 0 aliphatic heterocycles. The first-order valence-corrected chi connectivity index (χ1v) is 6.94. The smallest absolute Gasteiger partial charge is 0.176 e. The van der Waals surface area contributed by atoms with Gasteiger partial charge in [-0.1, -0.05) is 19.1 Å². The molecule has 1 unspecified atom stereocenters. The zero-order valence-electron chi connectivity index (χ0n) is 12.1. The van der Waals surface area contributed by atoms with E-state index in [4.69, 9.17) is 0 Å². The molecule has 108 valence electrons. The number of benzene rings is 1. The van der Waals surface area contributed by atoms with Crippen LogP contribution in [0.15, 0.2) is 30.6 Å². The number of para-hydroxylation sites is 1. The molecule has 21 heavy (non-hydrogen) atoms. The summed E-state index contributed by atoms with van der Waals surface area (Å²) in [4.78, 5) is 10.3. The molecule has 0 fully saturated rings. The topological polar surface area (TPSA) is 81.4 Å². The molecular formula is C14H17N7. The maximum atomic E-state index is 4.47. The lowest BCUT2D eigenvalue weighted by Crippen LogP contribution is -2.24. The third-order valence-corrected chi connectivity index (χ3v) is 3.29. The van der Waals surface area contributed by atoms with Gasteiger partial charge in [0.1, 0.15) is 0 Å². The number of nitrogens with one attached hydrogen (secondary N) is 1. The lowest BCUT2D eigenvalue weighted by molar-refractivity contribution is 0.537. The number of fused-ring (bicyclic) bond motifs is 1. The Hall–Kier alpha value is -2.41. The normalized spacial score (nSPS) is 12.7. The molecule has 2 heterocycles. The molecule has 0 spiro atoms. The van der Waals surface area contributed by atoms with Gasteiger partial charge < -0.3 is 5.32 Å². The Kier molecular flexibility index (Phi) is 3.83. The van der Waals surface area contributed by atoms with Gasteiger partial charge in [-0.05, 0) is 23.4 Å². The molecule has 7 nitrogen and oxygen atoms in total. The van der Waals surface area contributed by atoms with Gasteiger partial charge in [0.15, 0.2) is 5.82 Å². The van der Waals surface area contributed by atoms with Gasteiger partial charge in [0, 0.05) is 24.9 Å². The lowest BCUT2D eigenvalue weighted by atomic mass is 10.0. The van der Waals surface area contributed by atoms with E-state index in [9.17, 15) is 0 Å². The predicted molar refractivity (Wildman–Crippen MR) is 78.5 cm³/mol. The van der Waals surface area contributed by atoms with Crippen LogP contribution >= 0.6 is 0 Å². The fourth-order valence-corrected chi connectivity index (χ4v) is 2.42. The van der Waals surface area contributed by atoms with E-state index < -0.39 is 0 Å². The summed E-state index contributed by atoms with van der Waals surface area (Å²) in [6.07, 6.45) is 4.09. The first-order chi connectivity index (χ1) is 10.3. The lowest BCUT2D eigenvalue weighted by Gasteiger charge is -2.17. The summed E-state index contributed by atoms with van der Waals surface area (Å²) in [6, 6.07) is 6.12. The fraction of sp³-hybridized carbons (Fsp3) is 0.357. The monoisotopic (exact) mass is 283 g/mol. The van der Waals surface area contributed by atoms with Crippen LogP contribution in [-0.2, 0) is 13.5 Å². The van der Waals surface area contributed by atoms with Crippen molar-refractivity contribution in [3.63, 3.8) is 0 Å². The van der Waals surface area contributed by atoms with E-state index in [1.807, 2.05) is 12.1 Å². The van der Waals surface area contributed by atoms with Crippen LogP contribution in [-0.4, -0.2) is 36.7 Å². The summed E-state index contributed by atoms with van der Waals surface area (Å²) in [7, 11) is 1.77. The van der Waals surface area contributed by atoms with E-state index in [-0.39, 0.29) is 6.04 Å². The van der Waals surface area contributed by atoms with Crippen LogP contribution in [0.4, 0.5) is 0 Å². The summed E-state index contributed by atoms with van der Waals surface area (Å²) >= 11 is 0. The first-order valence-electron chi connectivity index (χ1n) is 6.94. The van der Waals surface area contributed by atoms with Gasteiger partial charge in [0.2, 0.25) is 0 Å². The summed E-state index contributed by atoms with van der Waals surface area (Å²) < 4.78 is 0. The van der Waals surface area contributed by atoms with Crippen molar-refractivity contribution in [2.75, 3.05) is 6.54 Å². The number of hydrogen-bond acceptors (Lipinski definition) is 6. The van der Waals surface area contributed by atoms with Gasteiger partial charge >= 0.3 is 0 Å². The van der Waals surface area contributed by atoms with Crippen LogP contribution in [0.5, 0.6) is 0 Å². The molecule has 0 bridgehead atoms. The second kappa shape index (κ2) is 5.92. The van der Waals surface area contributed by atoms with E-state index in [1.165, 1.54) is 4.80 Å². The highest BCUT2D eigenvalue weighted by Crippen LogP contribution is 2.23. The predicted octanol–water partition coefficient (Wildman–Crippen LogP) is 1.05. The minimum Gasteiger partial charge on any atom is -0.310 e. The Labute approximate surface area is 122 Å². The van der Waals surface area contributed by atoms with Crippen molar-refractivity contribution in [3.05, 3.63) is 42.0 Å². The number of hydrogen-bond donors (Lipinski definition) is 1. The molecule has 3 rings (SSSR count). The molecule has 7 heteroatoms. The maximum Gasteiger partial charge on any atom is 0.176 e. The number of likely N-dealkylation sites (N-methyl/N-ethyl adjacent to an activating group) is 1. The van der Waals surface area contributed by atoms with E-state index in [2.05, 4.69) is 43.7 Å². The van der Waals surface area contributed by atoms with Crippen LogP contribution < -0.4 is 5.32 Å². The standard InChI is InChI=1S/C14H17N7/c1-3-15-12(9-13-18-20-21(2)19-13)10-5-4-6-11-14(10)17-8-7-16-11/h4-8,12,15H,3,9H2,1-2H3. The molecule has 3 aromatic rings. The number of aryl methyl sites for hydroxylation is 1. The highest BCUT2D eigenvalue weighted by atomic mass is 15.6. The Balaban J connectivity index is 1.98. The van der Waals surface area contributed by atoms with Crippen molar-refractivity contribution in [2.24, 2.45) is 7.05 Å². The fourth-order valence-electron chi connectivity index (χ4n) is 2.42. The molecule has 1 N–H and O–H groups in total. The van der Waals surface area contributed by atoms with E-state index in [1.54, 1.807) is 19.4 Å². The SMILES string of the molecule is CCNC(Cc1nnn(C)n1)c1cccc2nccnc12. The largest absolute Gasteiger partial charge is 0.310 e. The summed E-state index contributed by atoms with van der Waals surface area (Å²) in [5.74, 6) is 0.712. The van der Waals surface area contributed by atoms with Crippen molar-refractivity contribution in [1.82, 2.24) is 35.5 Å². The molecule has 2 aromatic heterocycles. The molecule has 0 saturated heterocycles. The van der Waals surface area contributed by atoms with E-state index in [0.29, 0.717) is 12.2 Å². The molecule has 0 aliphatic rings. The van der Waals surface area contributed by atoms with Gasteiger partial charge in [0.25, 0.3) is 0 Å².